The van der Waals surface area contributed by atoms with E-state index in [1.807, 2.05) is 0 Å². The van der Waals surface area contributed by atoms with Gasteiger partial charge in [0.15, 0.2) is 6.61 Å². The van der Waals surface area contributed by atoms with Gasteiger partial charge in [0.05, 0.1) is 0 Å². The highest BCUT2D eigenvalue weighted by Gasteiger charge is 2.72. The third-order valence-electron chi connectivity index (χ3n) is 3.66. The first-order valence-electron chi connectivity index (χ1n) is 7.57. The standard InChI is InChI=1S/C16H13F6N3O3/c1-9-2-4-10(5-3-9)14(15(17,18)19,16(20,21)22)25-11(26)8-28-12-6-7-23-13(27)24-12/h2-7H,8H2,1H3,(H,25,26)(H,23,24,27). The number of aromatic nitrogens is 2. The minimum atomic E-state index is -5.90. The molecule has 1 heterocycles. The monoisotopic (exact) mass is 409 g/mol. The van der Waals surface area contributed by atoms with Crippen molar-refractivity contribution in [3.63, 3.8) is 0 Å². The Labute approximate surface area is 153 Å². The van der Waals surface area contributed by atoms with Gasteiger partial charge in [0.25, 0.3) is 11.4 Å². The maximum Gasteiger partial charge on any atom is 0.424 e. The summed E-state index contributed by atoms with van der Waals surface area (Å²) < 4.78 is 86.3. The summed E-state index contributed by atoms with van der Waals surface area (Å²) in [7, 11) is 0. The van der Waals surface area contributed by atoms with Gasteiger partial charge in [-0.25, -0.2) is 4.79 Å². The van der Waals surface area contributed by atoms with Gasteiger partial charge >= 0.3 is 18.0 Å². The number of benzene rings is 1. The zero-order chi connectivity index (χ0) is 21.2. The Hall–Kier alpha value is -3.05. The molecule has 0 atom stereocenters. The summed E-state index contributed by atoms with van der Waals surface area (Å²) >= 11 is 0. The Balaban J connectivity index is 2.37. The summed E-state index contributed by atoms with van der Waals surface area (Å²) in [4.78, 5) is 28.3. The summed E-state index contributed by atoms with van der Waals surface area (Å²) in [6.07, 6.45) is -10.7. The first-order valence-corrected chi connectivity index (χ1v) is 7.57. The molecular formula is C16H13F6N3O3. The van der Waals surface area contributed by atoms with E-state index in [9.17, 15) is 35.9 Å². The van der Waals surface area contributed by atoms with Crippen LogP contribution in [0.3, 0.4) is 0 Å². The lowest BCUT2D eigenvalue weighted by Crippen LogP contribution is -2.65. The fraction of sp³-hybridized carbons (Fsp3) is 0.312. The fourth-order valence-corrected chi connectivity index (χ4v) is 2.32. The largest absolute Gasteiger partial charge is 0.467 e. The van der Waals surface area contributed by atoms with Gasteiger partial charge < -0.3 is 15.0 Å². The van der Waals surface area contributed by atoms with Crippen molar-refractivity contribution in [2.75, 3.05) is 6.61 Å². The molecule has 0 radical (unpaired) electrons. The van der Waals surface area contributed by atoms with Gasteiger partial charge in [0, 0.05) is 12.3 Å². The predicted octanol–water partition coefficient (Wildman–Crippen LogP) is 2.59. The molecule has 1 aromatic carbocycles. The van der Waals surface area contributed by atoms with E-state index in [4.69, 9.17) is 4.74 Å². The lowest BCUT2D eigenvalue weighted by Gasteiger charge is -2.38. The van der Waals surface area contributed by atoms with Crippen LogP contribution in [0.2, 0.25) is 0 Å². The molecule has 0 aliphatic heterocycles. The lowest BCUT2D eigenvalue weighted by molar-refractivity contribution is -0.312. The number of halogens is 6. The molecule has 6 nitrogen and oxygen atoms in total. The Morgan fingerprint density at radius 3 is 2.14 bits per heavy atom. The highest BCUT2D eigenvalue weighted by Crippen LogP contribution is 2.50. The van der Waals surface area contributed by atoms with Gasteiger partial charge in [-0.3, -0.25) is 4.79 Å². The second-order valence-corrected chi connectivity index (χ2v) is 5.68. The van der Waals surface area contributed by atoms with Crippen molar-refractivity contribution < 1.29 is 35.9 Å². The van der Waals surface area contributed by atoms with Crippen molar-refractivity contribution in [3.8, 4) is 5.88 Å². The van der Waals surface area contributed by atoms with Gasteiger partial charge in [-0.2, -0.15) is 31.3 Å². The van der Waals surface area contributed by atoms with Crippen LogP contribution in [0, 0.1) is 6.92 Å². The smallest absolute Gasteiger partial charge is 0.424 e. The van der Waals surface area contributed by atoms with E-state index in [1.165, 1.54) is 6.92 Å². The highest BCUT2D eigenvalue weighted by molar-refractivity contribution is 5.79. The number of nitrogens with one attached hydrogen (secondary N) is 2. The summed E-state index contributed by atoms with van der Waals surface area (Å²) in [6.45, 7) is 0.254. The quantitative estimate of drug-likeness (QED) is 0.744. The molecule has 0 saturated carbocycles. The molecule has 12 heteroatoms. The van der Waals surface area contributed by atoms with Crippen LogP contribution in [-0.2, 0) is 10.3 Å². The number of rotatable bonds is 5. The van der Waals surface area contributed by atoms with Gasteiger partial charge in [-0.05, 0) is 12.5 Å². The van der Waals surface area contributed by atoms with Crippen LogP contribution in [0.15, 0.2) is 41.3 Å². The molecule has 1 aromatic heterocycles. The SMILES string of the molecule is Cc1ccc(C(NC(=O)COc2cc[nH]c(=O)n2)(C(F)(F)F)C(F)(F)F)cc1. The number of amides is 1. The van der Waals surface area contributed by atoms with Crippen LogP contribution in [-0.4, -0.2) is 34.8 Å². The number of hydrogen-bond donors (Lipinski definition) is 2. The number of H-pyrrole nitrogens is 1. The third-order valence-corrected chi connectivity index (χ3v) is 3.66. The molecule has 0 fully saturated rings. The van der Waals surface area contributed by atoms with E-state index in [0.29, 0.717) is 17.7 Å². The van der Waals surface area contributed by atoms with Crippen molar-refractivity contribution in [2.45, 2.75) is 24.8 Å². The van der Waals surface area contributed by atoms with Gasteiger partial charge in [0.2, 0.25) is 5.88 Å². The van der Waals surface area contributed by atoms with Crippen molar-refractivity contribution in [1.82, 2.24) is 15.3 Å². The Morgan fingerprint density at radius 2 is 1.64 bits per heavy atom. The Bertz CT molecular complexity index is 876. The van der Waals surface area contributed by atoms with Gasteiger partial charge in [-0.1, -0.05) is 29.8 Å². The molecule has 0 aliphatic rings. The molecule has 0 bridgehead atoms. The molecule has 1 amide bonds. The van der Waals surface area contributed by atoms with Gasteiger partial charge in [-0.15, -0.1) is 0 Å². The third kappa shape index (κ3) is 4.26. The summed E-state index contributed by atoms with van der Waals surface area (Å²) in [5.41, 5.74) is -6.30. The van der Waals surface area contributed by atoms with E-state index in [2.05, 4.69) is 9.97 Å². The van der Waals surface area contributed by atoms with Gasteiger partial charge in [0.1, 0.15) is 0 Å². The molecule has 152 valence electrons. The van der Waals surface area contributed by atoms with E-state index >= 15 is 0 Å². The van der Waals surface area contributed by atoms with Crippen LogP contribution in [0.25, 0.3) is 0 Å². The molecule has 2 aromatic rings. The molecular weight excluding hydrogens is 396 g/mol. The molecule has 0 aliphatic carbocycles. The van der Waals surface area contributed by atoms with E-state index in [1.54, 1.807) is 0 Å². The summed E-state index contributed by atoms with van der Waals surface area (Å²) in [5.74, 6) is -2.16. The van der Waals surface area contributed by atoms with Crippen LogP contribution in [0.1, 0.15) is 11.1 Å². The number of aryl methyl sites for hydroxylation is 1. The second-order valence-electron chi connectivity index (χ2n) is 5.68. The topological polar surface area (TPSA) is 84.1 Å². The fourth-order valence-electron chi connectivity index (χ4n) is 2.32. The normalized spacial score (nSPS) is 12.5. The van der Waals surface area contributed by atoms with Crippen molar-refractivity contribution in [2.24, 2.45) is 0 Å². The number of aromatic amines is 1. The van der Waals surface area contributed by atoms with Crippen molar-refractivity contribution in [1.29, 1.82) is 0 Å². The molecule has 0 unspecified atom stereocenters. The first kappa shape index (κ1) is 21.3. The maximum atomic E-state index is 13.6. The number of carbonyl (C=O) groups is 1. The van der Waals surface area contributed by atoms with Crippen molar-refractivity contribution in [3.05, 3.63) is 58.1 Å². The second kappa shape index (κ2) is 7.52. The summed E-state index contributed by atoms with van der Waals surface area (Å²) in [6, 6.07) is 4.45. The van der Waals surface area contributed by atoms with E-state index < -0.39 is 47.5 Å². The summed E-state index contributed by atoms with van der Waals surface area (Å²) in [5, 5.41) is 1.00. The molecule has 28 heavy (non-hydrogen) atoms. The molecule has 2 rings (SSSR count). The Morgan fingerprint density at radius 1 is 1.07 bits per heavy atom. The zero-order valence-electron chi connectivity index (χ0n) is 14.1. The van der Waals surface area contributed by atoms with E-state index in [-0.39, 0.29) is 0 Å². The zero-order valence-corrected chi connectivity index (χ0v) is 14.1. The number of hydrogen-bond acceptors (Lipinski definition) is 4. The lowest BCUT2D eigenvalue weighted by atomic mass is 9.87. The van der Waals surface area contributed by atoms with Crippen LogP contribution < -0.4 is 15.7 Å². The first-order chi connectivity index (χ1) is 12.9. The van der Waals surface area contributed by atoms with Crippen molar-refractivity contribution >= 4 is 5.91 Å². The molecule has 2 N–H and O–H groups in total. The van der Waals surface area contributed by atoms with Crippen LogP contribution in [0.5, 0.6) is 5.88 Å². The van der Waals surface area contributed by atoms with Crippen LogP contribution >= 0.6 is 0 Å². The number of nitrogens with zero attached hydrogens (tertiary/aromatic N) is 1. The van der Waals surface area contributed by atoms with Crippen LogP contribution in [0.4, 0.5) is 26.3 Å². The average molecular weight is 409 g/mol. The molecule has 0 saturated heterocycles. The maximum absolute atomic E-state index is 13.6. The number of alkyl halides is 6. The van der Waals surface area contributed by atoms with E-state index in [0.717, 1.165) is 29.7 Å². The average Bonchev–Trinajstić information content (AvgIpc) is 2.56. The number of carbonyl (C=O) groups excluding carboxylic acids is 1. The minimum absolute atomic E-state index is 0.428. The predicted molar refractivity (Wildman–Crippen MR) is 83.5 cm³/mol. The molecule has 0 spiro atoms. The number of ether oxygens (including phenoxy) is 1. The Kier molecular flexibility index (Phi) is 5.71. The highest BCUT2D eigenvalue weighted by atomic mass is 19.4. The minimum Gasteiger partial charge on any atom is -0.467 e.